The minimum atomic E-state index is 1.28. The third-order valence-corrected chi connectivity index (χ3v) is 5.42. The summed E-state index contributed by atoms with van der Waals surface area (Å²) in [5.41, 5.74) is 3.03. The first-order valence-electron chi connectivity index (χ1n) is 8.76. The minimum absolute atomic E-state index is 1.28. The molecule has 1 fully saturated rings. The van der Waals surface area contributed by atoms with Crippen LogP contribution < -0.4 is 0 Å². The zero-order valence-electron chi connectivity index (χ0n) is 13.3. The van der Waals surface area contributed by atoms with Crippen molar-refractivity contribution in [2.75, 3.05) is 0 Å². The Labute approximate surface area is 136 Å². The van der Waals surface area contributed by atoms with Gasteiger partial charge in [0, 0.05) is 0 Å². The summed E-state index contributed by atoms with van der Waals surface area (Å²) < 4.78 is 0. The molecule has 0 saturated heterocycles. The van der Waals surface area contributed by atoms with E-state index in [0.29, 0.717) is 0 Å². The van der Waals surface area contributed by atoms with Crippen LogP contribution in [0, 0.1) is 0 Å². The van der Waals surface area contributed by atoms with Gasteiger partial charge in [0.2, 0.25) is 0 Å². The molecule has 0 unspecified atom stereocenters. The Kier molecular flexibility index (Phi) is 2.91. The maximum Gasteiger partial charge on any atom is -0.00208 e. The van der Waals surface area contributed by atoms with E-state index in [1.165, 1.54) is 70.0 Å². The van der Waals surface area contributed by atoms with E-state index in [-0.39, 0.29) is 0 Å². The van der Waals surface area contributed by atoms with Crippen LogP contribution >= 0.6 is 0 Å². The largest absolute Gasteiger partial charge is 0.0696 e. The Balaban J connectivity index is 1.84. The van der Waals surface area contributed by atoms with E-state index in [1.807, 2.05) is 0 Å². The van der Waals surface area contributed by atoms with E-state index >= 15 is 0 Å². The van der Waals surface area contributed by atoms with Crippen LogP contribution in [0.1, 0.15) is 37.7 Å². The Hall–Kier alpha value is -2.34. The van der Waals surface area contributed by atoms with Crippen LogP contribution in [-0.2, 0) is 0 Å². The first-order chi connectivity index (χ1) is 11.4. The number of hydrogen-bond acceptors (Lipinski definition) is 0. The van der Waals surface area contributed by atoms with Crippen LogP contribution in [-0.4, -0.2) is 0 Å². The van der Waals surface area contributed by atoms with Crippen molar-refractivity contribution in [3.63, 3.8) is 0 Å². The molecule has 4 aromatic carbocycles. The van der Waals surface area contributed by atoms with Crippen molar-refractivity contribution >= 4 is 38.4 Å². The molecule has 5 rings (SSSR count). The normalized spacial score (nSPS) is 15.7. The summed E-state index contributed by atoms with van der Waals surface area (Å²) in [7, 11) is 0. The molecule has 112 valence electrons. The first-order valence-corrected chi connectivity index (χ1v) is 8.76. The zero-order chi connectivity index (χ0) is 15.2. The minimum Gasteiger partial charge on any atom is -0.0696 e. The Bertz CT molecular complexity index is 1010. The third-order valence-electron chi connectivity index (χ3n) is 5.42. The van der Waals surface area contributed by atoms with Gasteiger partial charge in [0.25, 0.3) is 0 Å². The molecule has 4 aromatic rings. The molecule has 1 saturated carbocycles. The Morgan fingerprint density at radius 3 is 2.04 bits per heavy atom. The number of benzene rings is 4. The fourth-order valence-electron chi connectivity index (χ4n) is 4.25. The van der Waals surface area contributed by atoms with Gasteiger partial charge in [-0.2, -0.15) is 0 Å². The van der Waals surface area contributed by atoms with Gasteiger partial charge in [-0.25, -0.2) is 0 Å². The molecule has 1 aliphatic rings. The summed E-state index contributed by atoms with van der Waals surface area (Å²) >= 11 is 0. The molecule has 0 nitrogen and oxygen atoms in total. The summed E-state index contributed by atoms with van der Waals surface area (Å²) in [5, 5.41) is 8.32. The first kappa shape index (κ1) is 13.1. The van der Waals surface area contributed by atoms with Gasteiger partial charge in [-0.05, 0) is 63.6 Å². The molecule has 0 heterocycles. The van der Waals surface area contributed by atoms with Crippen LogP contribution in [0.15, 0.2) is 60.2 Å². The van der Waals surface area contributed by atoms with E-state index in [9.17, 15) is 0 Å². The van der Waals surface area contributed by atoms with Crippen molar-refractivity contribution in [2.24, 2.45) is 0 Å². The standard InChI is InChI=1S/C23H20/c1-2-5-16(6-3-1)15-20-12-11-19-10-9-17-7-4-8-18-13-14-21(20)23(19)22(17)18/h4,7-15H,1-3,5-6H2. The molecule has 0 atom stereocenters. The molecule has 0 radical (unpaired) electrons. The average Bonchev–Trinajstić information content (AvgIpc) is 2.62. The number of hydrogen-bond donors (Lipinski definition) is 0. The van der Waals surface area contributed by atoms with Crippen LogP contribution in [0.25, 0.3) is 38.4 Å². The van der Waals surface area contributed by atoms with Gasteiger partial charge in [-0.3, -0.25) is 0 Å². The van der Waals surface area contributed by atoms with Crippen molar-refractivity contribution in [3.8, 4) is 0 Å². The number of allylic oxidation sites excluding steroid dienone is 1. The summed E-state index contributed by atoms with van der Waals surface area (Å²) in [6.07, 6.45) is 9.14. The quantitative estimate of drug-likeness (QED) is 0.334. The Morgan fingerprint density at radius 1 is 0.609 bits per heavy atom. The van der Waals surface area contributed by atoms with Crippen LogP contribution in [0.3, 0.4) is 0 Å². The predicted molar refractivity (Wildman–Crippen MR) is 101 cm³/mol. The zero-order valence-corrected chi connectivity index (χ0v) is 13.3. The monoisotopic (exact) mass is 296 g/mol. The second-order valence-electron chi connectivity index (χ2n) is 6.87. The van der Waals surface area contributed by atoms with Crippen LogP contribution in [0.2, 0.25) is 0 Å². The van der Waals surface area contributed by atoms with Crippen molar-refractivity contribution in [3.05, 3.63) is 65.7 Å². The van der Waals surface area contributed by atoms with E-state index in [0.717, 1.165) is 0 Å². The van der Waals surface area contributed by atoms with Gasteiger partial charge in [0.1, 0.15) is 0 Å². The van der Waals surface area contributed by atoms with E-state index in [4.69, 9.17) is 0 Å². The van der Waals surface area contributed by atoms with Gasteiger partial charge in [0.15, 0.2) is 0 Å². The van der Waals surface area contributed by atoms with Gasteiger partial charge >= 0.3 is 0 Å². The van der Waals surface area contributed by atoms with Crippen LogP contribution in [0.5, 0.6) is 0 Å². The molecular weight excluding hydrogens is 276 g/mol. The molecule has 0 aliphatic heterocycles. The number of rotatable bonds is 1. The lowest BCUT2D eigenvalue weighted by Gasteiger charge is -2.16. The highest BCUT2D eigenvalue weighted by atomic mass is 14.2. The highest BCUT2D eigenvalue weighted by Gasteiger charge is 2.11. The van der Waals surface area contributed by atoms with Gasteiger partial charge in [-0.15, -0.1) is 0 Å². The van der Waals surface area contributed by atoms with E-state index in [2.05, 4.69) is 60.7 Å². The van der Waals surface area contributed by atoms with Crippen LogP contribution in [0.4, 0.5) is 0 Å². The highest BCUT2D eigenvalue weighted by Crippen LogP contribution is 2.37. The van der Waals surface area contributed by atoms with Gasteiger partial charge in [-0.1, -0.05) is 72.7 Å². The maximum absolute atomic E-state index is 2.46. The lowest BCUT2D eigenvalue weighted by Crippen LogP contribution is -1.94. The SMILES string of the molecule is C(=C1CCCCC1)c1ccc2ccc3cccc4ccc1c2c34. The van der Waals surface area contributed by atoms with Crippen molar-refractivity contribution in [1.29, 1.82) is 0 Å². The summed E-state index contributed by atoms with van der Waals surface area (Å²) in [6.45, 7) is 0. The molecule has 1 aliphatic carbocycles. The topological polar surface area (TPSA) is 0 Å². The lowest BCUT2D eigenvalue weighted by molar-refractivity contribution is 0.602. The molecule has 0 aromatic heterocycles. The Morgan fingerprint density at radius 2 is 1.26 bits per heavy atom. The second kappa shape index (κ2) is 5.09. The molecule has 0 N–H and O–H groups in total. The van der Waals surface area contributed by atoms with Crippen molar-refractivity contribution in [2.45, 2.75) is 32.1 Å². The van der Waals surface area contributed by atoms with Gasteiger partial charge < -0.3 is 0 Å². The van der Waals surface area contributed by atoms with E-state index in [1.54, 1.807) is 5.57 Å². The molecular formula is C23H20. The summed E-state index contributed by atoms with van der Waals surface area (Å²) in [6, 6.07) is 20.3. The van der Waals surface area contributed by atoms with Gasteiger partial charge in [0.05, 0.1) is 0 Å². The molecule has 0 bridgehead atoms. The molecule has 0 heteroatoms. The second-order valence-corrected chi connectivity index (χ2v) is 6.87. The van der Waals surface area contributed by atoms with Crippen molar-refractivity contribution < 1.29 is 0 Å². The third kappa shape index (κ3) is 2.05. The highest BCUT2D eigenvalue weighted by molar-refractivity contribution is 6.24. The fraction of sp³-hybridized carbons (Fsp3) is 0.217. The fourth-order valence-corrected chi connectivity index (χ4v) is 4.25. The molecule has 0 spiro atoms. The summed E-state index contributed by atoms with van der Waals surface area (Å²) in [4.78, 5) is 0. The average molecular weight is 296 g/mol. The summed E-state index contributed by atoms with van der Waals surface area (Å²) in [5.74, 6) is 0. The predicted octanol–water partition coefficient (Wildman–Crippen LogP) is 6.93. The lowest BCUT2D eigenvalue weighted by atomic mass is 9.89. The van der Waals surface area contributed by atoms with Crippen molar-refractivity contribution in [1.82, 2.24) is 0 Å². The van der Waals surface area contributed by atoms with E-state index < -0.39 is 0 Å². The maximum atomic E-state index is 2.46. The smallest absolute Gasteiger partial charge is 0.00208 e. The molecule has 23 heavy (non-hydrogen) atoms. The molecule has 0 amide bonds.